The number of halogens is 2. The summed E-state index contributed by atoms with van der Waals surface area (Å²) >= 11 is 0. The van der Waals surface area contributed by atoms with Crippen LogP contribution in [0.4, 0.5) is 14.5 Å². The van der Waals surface area contributed by atoms with Gasteiger partial charge in [0.15, 0.2) is 5.82 Å². The van der Waals surface area contributed by atoms with Gasteiger partial charge in [0.1, 0.15) is 18.2 Å². The molecule has 1 heterocycles. The van der Waals surface area contributed by atoms with Crippen molar-refractivity contribution in [3.63, 3.8) is 0 Å². The molecule has 0 fully saturated rings. The number of ether oxygens (including phenoxy) is 1. The molecule has 146 valence electrons. The molecule has 0 spiro atoms. The first-order valence-corrected chi connectivity index (χ1v) is 9.67. The van der Waals surface area contributed by atoms with Gasteiger partial charge in [0.25, 0.3) is 10.0 Å². The van der Waals surface area contributed by atoms with Crippen molar-refractivity contribution in [3.8, 4) is 11.1 Å². The topological polar surface area (TPSA) is 81.2 Å². The Morgan fingerprint density at radius 3 is 2.25 bits per heavy atom. The number of nitrogens with zero attached hydrogens (tertiary/aromatic N) is 2. The van der Waals surface area contributed by atoms with Gasteiger partial charge in [-0.3, -0.25) is 4.72 Å². The van der Waals surface area contributed by atoms with E-state index in [4.69, 9.17) is 4.74 Å². The molecule has 28 heavy (non-hydrogen) atoms. The molecule has 0 aliphatic rings. The van der Waals surface area contributed by atoms with Crippen LogP contribution >= 0.6 is 0 Å². The van der Waals surface area contributed by atoms with Crippen LogP contribution < -0.4 is 4.72 Å². The van der Waals surface area contributed by atoms with Gasteiger partial charge in [-0.1, -0.05) is 12.1 Å². The maximum absolute atomic E-state index is 13.9. The Bertz CT molecular complexity index is 1090. The smallest absolute Gasteiger partial charge is 0.261 e. The van der Waals surface area contributed by atoms with Gasteiger partial charge in [-0.2, -0.15) is 0 Å². The Balaban J connectivity index is 1.83. The van der Waals surface area contributed by atoms with E-state index >= 15 is 0 Å². The van der Waals surface area contributed by atoms with Gasteiger partial charge in [-0.25, -0.2) is 27.2 Å². The lowest BCUT2D eigenvalue weighted by Crippen LogP contribution is -2.14. The molecular formula is C19H17F2N3O3S. The van der Waals surface area contributed by atoms with Crippen LogP contribution in [0.3, 0.4) is 0 Å². The highest BCUT2D eigenvalue weighted by Gasteiger charge is 2.18. The molecule has 0 aliphatic carbocycles. The SMILES string of the molecule is COCc1ncc(-c2ccc(S(=O)(=O)Nc3cc(F)c(C)cc3F)cc2)cn1. The molecule has 3 aromatic rings. The van der Waals surface area contributed by atoms with E-state index in [1.54, 1.807) is 31.6 Å². The fraction of sp³-hybridized carbons (Fsp3) is 0.158. The van der Waals surface area contributed by atoms with Crippen molar-refractivity contribution < 1.29 is 21.9 Å². The van der Waals surface area contributed by atoms with Crippen LogP contribution in [0.1, 0.15) is 11.4 Å². The third kappa shape index (κ3) is 4.32. The summed E-state index contributed by atoms with van der Waals surface area (Å²) in [6.45, 7) is 1.68. The Labute approximate surface area is 161 Å². The number of rotatable bonds is 6. The van der Waals surface area contributed by atoms with Crippen LogP contribution in [0, 0.1) is 18.6 Å². The second kappa shape index (κ2) is 7.99. The molecular weight excluding hydrogens is 388 g/mol. The largest absolute Gasteiger partial charge is 0.377 e. The maximum Gasteiger partial charge on any atom is 0.261 e. The normalized spacial score (nSPS) is 11.4. The summed E-state index contributed by atoms with van der Waals surface area (Å²) in [5, 5.41) is 0. The molecule has 0 amide bonds. The van der Waals surface area contributed by atoms with Crippen LogP contribution in [0.25, 0.3) is 11.1 Å². The van der Waals surface area contributed by atoms with E-state index in [1.807, 2.05) is 0 Å². The second-order valence-electron chi connectivity index (χ2n) is 6.03. The molecule has 9 heteroatoms. The predicted octanol–water partition coefficient (Wildman–Crippen LogP) is 3.68. The summed E-state index contributed by atoms with van der Waals surface area (Å²) < 4.78 is 59.5. The van der Waals surface area contributed by atoms with E-state index < -0.39 is 27.3 Å². The van der Waals surface area contributed by atoms with Crippen molar-refractivity contribution in [2.75, 3.05) is 11.8 Å². The summed E-state index contributed by atoms with van der Waals surface area (Å²) in [7, 11) is -2.54. The van der Waals surface area contributed by atoms with Gasteiger partial charge < -0.3 is 4.74 Å². The lowest BCUT2D eigenvalue weighted by molar-refractivity contribution is 0.178. The van der Waals surface area contributed by atoms with Gasteiger partial charge in [0.2, 0.25) is 0 Å². The number of anilines is 1. The third-order valence-corrected chi connectivity index (χ3v) is 5.35. The Morgan fingerprint density at radius 2 is 1.64 bits per heavy atom. The molecule has 1 N–H and O–H groups in total. The van der Waals surface area contributed by atoms with E-state index in [0.717, 1.165) is 12.1 Å². The molecule has 3 rings (SSSR count). The zero-order chi connectivity index (χ0) is 20.3. The van der Waals surface area contributed by atoms with Crippen LogP contribution in [-0.4, -0.2) is 25.5 Å². The highest BCUT2D eigenvalue weighted by molar-refractivity contribution is 7.92. The van der Waals surface area contributed by atoms with Crippen molar-refractivity contribution in [3.05, 3.63) is 71.8 Å². The first-order chi connectivity index (χ1) is 13.3. The van der Waals surface area contributed by atoms with Crippen LogP contribution in [0.15, 0.2) is 53.7 Å². The number of methoxy groups -OCH3 is 1. The molecule has 0 atom stereocenters. The quantitative estimate of drug-likeness (QED) is 0.677. The summed E-state index contributed by atoms with van der Waals surface area (Å²) in [5.74, 6) is -1.03. The van der Waals surface area contributed by atoms with Crippen LogP contribution in [-0.2, 0) is 21.4 Å². The number of aryl methyl sites for hydroxylation is 1. The standard InChI is InChI=1S/C19H17F2N3O3S/c1-12-7-17(21)18(8-16(12)20)24-28(25,26)15-5-3-13(4-6-15)14-9-22-19(11-27-2)23-10-14/h3-10,24H,11H2,1-2H3. The molecule has 0 saturated heterocycles. The molecule has 6 nitrogen and oxygen atoms in total. The number of hydrogen-bond acceptors (Lipinski definition) is 5. The third-order valence-electron chi connectivity index (χ3n) is 3.97. The molecule has 0 unspecified atom stereocenters. The zero-order valence-corrected chi connectivity index (χ0v) is 15.9. The maximum atomic E-state index is 13.9. The minimum Gasteiger partial charge on any atom is -0.377 e. The van der Waals surface area contributed by atoms with E-state index in [2.05, 4.69) is 14.7 Å². The molecule has 0 aliphatic heterocycles. The fourth-order valence-corrected chi connectivity index (χ4v) is 3.52. The monoisotopic (exact) mass is 405 g/mol. The molecule has 0 saturated carbocycles. The number of aromatic nitrogens is 2. The van der Waals surface area contributed by atoms with Crippen molar-refractivity contribution in [2.24, 2.45) is 0 Å². The van der Waals surface area contributed by atoms with Crippen molar-refractivity contribution in [1.29, 1.82) is 0 Å². The Hall–Kier alpha value is -2.91. The summed E-state index contributed by atoms with van der Waals surface area (Å²) in [4.78, 5) is 8.22. The van der Waals surface area contributed by atoms with Gasteiger partial charge in [-0.05, 0) is 36.2 Å². The fourth-order valence-electron chi connectivity index (χ4n) is 2.46. The van der Waals surface area contributed by atoms with E-state index in [-0.39, 0.29) is 10.5 Å². The van der Waals surface area contributed by atoms with Crippen molar-refractivity contribution in [2.45, 2.75) is 18.4 Å². The van der Waals surface area contributed by atoms with E-state index in [9.17, 15) is 17.2 Å². The van der Waals surface area contributed by atoms with Gasteiger partial charge in [-0.15, -0.1) is 0 Å². The molecule has 1 aromatic heterocycles. The van der Waals surface area contributed by atoms with E-state index in [0.29, 0.717) is 23.6 Å². The minimum absolute atomic E-state index is 0.0866. The van der Waals surface area contributed by atoms with Gasteiger partial charge in [0.05, 0.1) is 10.6 Å². The van der Waals surface area contributed by atoms with Crippen LogP contribution in [0.2, 0.25) is 0 Å². The number of benzene rings is 2. The molecule has 0 bridgehead atoms. The lowest BCUT2D eigenvalue weighted by Gasteiger charge is -2.11. The summed E-state index contributed by atoms with van der Waals surface area (Å²) in [6, 6.07) is 7.63. The first-order valence-electron chi connectivity index (χ1n) is 8.19. The van der Waals surface area contributed by atoms with E-state index in [1.165, 1.54) is 19.1 Å². The number of nitrogens with one attached hydrogen (secondary N) is 1. The number of hydrogen-bond donors (Lipinski definition) is 1. The first kappa shape index (κ1) is 19.8. The average molecular weight is 405 g/mol. The minimum atomic E-state index is -4.08. The zero-order valence-electron chi connectivity index (χ0n) is 15.1. The second-order valence-corrected chi connectivity index (χ2v) is 7.71. The molecule has 0 radical (unpaired) electrons. The lowest BCUT2D eigenvalue weighted by atomic mass is 10.1. The van der Waals surface area contributed by atoms with Gasteiger partial charge >= 0.3 is 0 Å². The Kier molecular flexibility index (Phi) is 5.66. The van der Waals surface area contributed by atoms with Crippen molar-refractivity contribution in [1.82, 2.24) is 9.97 Å². The Morgan fingerprint density at radius 1 is 1.00 bits per heavy atom. The van der Waals surface area contributed by atoms with Crippen LogP contribution in [0.5, 0.6) is 0 Å². The van der Waals surface area contributed by atoms with Gasteiger partial charge in [0, 0.05) is 31.1 Å². The molecule has 2 aromatic carbocycles. The average Bonchev–Trinajstić information content (AvgIpc) is 2.67. The summed E-state index contributed by atoms with van der Waals surface area (Å²) in [5.41, 5.74) is 1.04. The predicted molar refractivity (Wildman–Crippen MR) is 100 cm³/mol. The highest BCUT2D eigenvalue weighted by Crippen LogP contribution is 2.24. The highest BCUT2D eigenvalue weighted by atomic mass is 32.2. The van der Waals surface area contributed by atoms with Crippen molar-refractivity contribution >= 4 is 15.7 Å². The number of sulfonamides is 1. The summed E-state index contributed by atoms with van der Waals surface area (Å²) in [6.07, 6.45) is 3.21.